The van der Waals surface area contributed by atoms with Gasteiger partial charge in [0.15, 0.2) is 0 Å². The molecule has 6 nitrogen and oxygen atoms in total. The summed E-state index contributed by atoms with van der Waals surface area (Å²) < 4.78 is 4.86. The number of nitrogens with one attached hydrogen (secondary N) is 1. The van der Waals surface area contributed by atoms with Gasteiger partial charge in [-0.3, -0.25) is 9.59 Å². The van der Waals surface area contributed by atoms with Crippen molar-refractivity contribution >= 4 is 23.2 Å². The lowest BCUT2D eigenvalue weighted by Crippen LogP contribution is -2.40. The average Bonchev–Trinajstić information content (AvgIpc) is 2.58. The van der Waals surface area contributed by atoms with Gasteiger partial charge in [0.1, 0.15) is 6.61 Å². The number of carbonyl (C=O) groups is 2. The minimum atomic E-state index is -0.201. The van der Waals surface area contributed by atoms with Crippen LogP contribution >= 0.6 is 0 Å². The summed E-state index contributed by atoms with van der Waals surface area (Å²) in [6.07, 6.45) is 0.889. The Morgan fingerprint density at radius 2 is 1.85 bits per heavy atom. The van der Waals surface area contributed by atoms with E-state index < -0.39 is 0 Å². The molecule has 0 bridgehead atoms. The minimum Gasteiger partial charge on any atom is -0.377 e. The quantitative estimate of drug-likeness (QED) is 0.732. The summed E-state index contributed by atoms with van der Waals surface area (Å²) in [5, 5.41) is 2.83. The van der Waals surface area contributed by atoms with E-state index in [2.05, 4.69) is 19.2 Å². The molecule has 0 saturated heterocycles. The number of anilines is 2. The highest BCUT2D eigenvalue weighted by atomic mass is 16.5. The van der Waals surface area contributed by atoms with Gasteiger partial charge in [-0.1, -0.05) is 20.8 Å². The van der Waals surface area contributed by atoms with Crippen molar-refractivity contribution in [2.24, 2.45) is 5.92 Å². The zero-order valence-corrected chi connectivity index (χ0v) is 17.1. The summed E-state index contributed by atoms with van der Waals surface area (Å²) in [6, 6.07) is 5.91. The maximum atomic E-state index is 12.7. The second kappa shape index (κ2) is 10.2. The van der Waals surface area contributed by atoms with Crippen LogP contribution in [-0.4, -0.2) is 50.6 Å². The van der Waals surface area contributed by atoms with Crippen molar-refractivity contribution in [3.05, 3.63) is 23.8 Å². The summed E-state index contributed by atoms with van der Waals surface area (Å²) in [5.74, 6) is -0.123. The van der Waals surface area contributed by atoms with Gasteiger partial charge in [-0.05, 0) is 37.1 Å². The molecule has 1 N–H and O–H groups in total. The summed E-state index contributed by atoms with van der Waals surface area (Å²) in [6.45, 7) is 8.51. The highest BCUT2D eigenvalue weighted by Crippen LogP contribution is 2.26. The van der Waals surface area contributed by atoms with Crippen LogP contribution in [0.3, 0.4) is 0 Å². The van der Waals surface area contributed by atoms with Crippen LogP contribution in [0.1, 0.15) is 39.7 Å². The van der Waals surface area contributed by atoms with Gasteiger partial charge in [0.25, 0.3) is 0 Å². The molecule has 146 valence electrons. The molecular formula is C20H33N3O3. The van der Waals surface area contributed by atoms with Crippen LogP contribution in [0.2, 0.25) is 0 Å². The van der Waals surface area contributed by atoms with Crippen LogP contribution in [0.5, 0.6) is 0 Å². The number of hydrogen-bond acceptors (Lipinski definition) is 4. The van der Waals surface area contributed by atoms with E-state index in [0.29, 0.717) is 12.2 Å². The van der Waals surface area contributed by atoms with E-state index in [0.717, 1.165) is 17.7 Å². The first-order valence-corrected chi connectivity index (χ1v) is 9.10. The Balaban J connectivity index is 3.19. The fourth-order valence-corrected chi connectivity index (χ4v) is 2.74. The summed E-state index contributed by atoms with van der Waals surface area (Å²) in [4.78, 5) is 28.5. The third-order valence-electron chi connectivity index (χ3n) is 4.36. The van der Waals surface area contributed by atoms with Crippen LogP contribution in [-0.2, 0) is 20.9 Å². The number of ether oxygens (including phenoxy) is 1. The Morgan fingerprint density at radius 3 is 2.35 bits per heavy atom. The van der Waals surface area contributed by atoms with E-state index in [1.165, 1.54) is 7.11 Å². The van der Waals surface area contributed by atoms with Crippen molar-refractivity contribution in [2.45, 2.75) is 46.7 Å². The molecule has 1 aromatic rings. The van der Waals surface area contributed by atoms with E-state index >= 15 is 0 Å². The van der Waals surface area contributed by atoms with Gasteiger partial charge in [-0.25, -0.2) is 0 Å². The van der Waals surface area contributed by atoms with E-state index in [1.54, 1.807) is 0 Å². The average molecular weight is 364 g/mol. The first-order chi connectivity index (χ1) is 12.2. The highest BCUT2D eigenvalue weighted by molar-refractivity contribution is 5.92. The van der Waals surface area contributed by atoms with Crippen molar-refractivity contribution < 1.29 is 14.3 Å². The predicted octanol–water partition coefficient (Wildman–Crippen LogP) is 3.12. The lowest BCUT2D eigenvalue weighted by Gasteiger charge is -2.32. The van der Waals surface area contributed by atoms with Gasteiger partial charge >= 0.3 is 0 Å². The van der Waals surface area contributed by atoms with Crippen molar-refractivity contribution in [1.29, 1.82) is 0 Å². The van der Waals surface area contributed by atoms with E-state index in [-0.39, 0.29) is 30.4 Å². The van der Waals surface area contributed by atoms with E-state index in [9.17, 15) is 9.59 Å². The molecule has 0 aliphatic rings. The van der Waals surface area contributed by atoms with Crippen molar-refractivity contribution in [3.63, 3.8) is 0 Å². The topological polar surface area (TPSA) is 61.9 Å². The molecular weight excluding hydrogens is 330 g/mol. The highest BCUT2D eigenvalue weighted by Gasteiger charge is 2.23. The maximum Gasteiger partial charge on any atom is 0.250 e. The Kier molecular flexibility index (Phi) is 8.58. The molecule has 0 heterocycles. The summed E-state index contributed by atoms with van der Waals surface area (Å²) >= 11 is 0. The smallest absolute Gasteiger partial charge is 0.250 e. The molecule has 26 heavy (non-hydrogen) atoms. The van der Waals surface area contributed by atoms with Gasteiger partial charge in [0.05, 0.1) is 0 Å². The molecule has 0 spiro atoms. The number of carbonyl (C=O) groups excluding carboxylic acids is 2. The largest absolute Gasteiger partial charge is 0.377 e. The summed E-state index contributed by atoms with van der Waals surface area (Å²) in [5.41, 5.74) is 2.73. The van der Waals surface area contributed by atoms with Gasteiger partial charge in [0, 0.05) is 51.1 Å². The zero-order valence-electron chi connectivity index (χ0n) is 17.1. The van der Waals surface area contributed by atoms with Crippen LogP contribution in [0.4, 0.5) is 11.4 Å². The molecule has 0 saturated carbocycles. The third kappa shape index (κ3) is 6.02. The van der Waals surface area contributed by atoms with Crippen LogP contribution in [0.25, 0.3) is 0 Å². The molecule has 0 radical (unpaired) electrons. The van der Waals surface area contributed by atoms with Crippen molar-refractivity contribution in [3.8, 4) is 0 Å². The molecule has 0 unspecified atom stereocenters. The minimum absolute atomic E-state index is 0.00952. The lowest BCUT2D eigenvalue weighted by molar-refractivity contribution is -0.137. The normalized spacial score (nSPS) is 12.0. The fraction of sp³-hybridized carbons (Fsp3) is 0.600. The number of amides is 2. The number of methoxy groups -OCH3 is 1. The van der Waals surface area contributed by atoms with Crippen LogP contribution in [0.15, 0.2) is 18.2 Å². The number of benzene rings is 1. The monoisotopic (exact) mass is 363 g/mol. The Bertz CT molecular complexity index is 614. The molecule has 2 amide bonds. The molecule has 1 rings (SSSR count). The number of nitrogens with zero attached hydrogens (tertiary/aromatic N) is 2. The molecule has 1 aromatic carbocycles. The van der Waals surface area contributed by atoms with E-state index in [1.807, 2.05) is 55.9 Å². The van der Waals surface area contributed by atoms with Crippen LogP contribution in [0, 0.1) is 5.92 Å². The SMILES string of the molecule is CC[C@@H](C)N(Cc1cc(NC(=O)COC)ccc1N(C)C)C(=O)C(C)C. The first-order valence-electron chi connectivity index (χ1n) is 9.10. The van der Waals surface area contributed by atoms with Gasteiger partial charge in [-0.15, -0.1) is 0 Å². The zero-order chi connectivity index (χ0) is 19.9. The lowest BCUT2D eigenvalue weighted by atomic mass is 10.1. The number of rotatable bonds is 9. The predicted molar refractivity (Wildman–Crippen MR) is 106 cm³/mol. The first kappa shape index (κ1) is 22.0. The number of hydrogen-bond donors (Lipinski definition) is 1. The molecule has 0 fully saturated rings. The third-order valence-corrected chi connectivity index (χ3v) is 4.36. The maximum absolute atomic E-state index is 12.7. The van der Waals surface area contributed by atoms with Gasteiger partial charge in [-0.2, -0.15) is 0 Å². The molecule has 6 heteroatoms. The summed E-state index contributed by atoms with van der Waals surface area (Å²) in [7, 11) is 5.43. The molecule has 0 aliphatic carbocycles. The Morgan fingerprint density at radius 1 is 1.19 bits per heavy atom. The van der Waals surface area contributed by atoms with Gasteiger partial charge in [0.2, 0.25) is 11.8 Å². The van der Waals surface area contributed by atoms with E-state index in [4.69, 9.17) is 4.74 Å². The molecule has 0 aliphatic heterocycles. The van der Waals surface area contributed by atoms with Crippen molar-refractivity contribution in [1.82, 2.24) is 4.90 Å². The fourth-order valence-electron chi connectivity index (χ4n) is 2.74. The standard InChI is InChI=1S/C20H33N3O3/c1-8-15(4)23(20(25)14(2)3)12-16-11-17(21-19(24)13-26-7)9-10-18(16)22(5)6/h9-11,14-15H,8,12-13H2,1-7H3,(H,21,24)/t15-/m1/s1. The van der Waals surface area contributed by atoms with Crippen LogP contribution < -0.4 is 10.2 Å². The Hall–Kier alpha value is -2.08. The van der Waals surface area contributed by atoms with Gasteiger partial charge < -0.3 is 19.9 Å². The molecule has 0 aromatic heterocycles. The second-order valence-corrected chi connectivity index (χ2v) is 7.10. The Labute approximate surface area is 157 Å². The molecule has 1 atom stereocenters. The second-order valence-electron chi connectivity index (χ2n) is 7.10. The van der Waals surface area contributed by atoms with Crippen molar-refractivity contribution in [2.75, 3.05) is 38.0 Å².